The Morgan fingerprint density at radius 3 is 2.95 bits per heavy atom. The molecule has 1 aliphatic carbocycles. The maximum atomic E-state index is 4.28. The highest BCUT2D eigenvalue weighted by molar-refractivity contribution is 5.21. The average Bonchev–Trinajstić information content (AvgIpc) is 3.20. The van der Waals surface area contributed by atoms with E-state index in [1.54, 1.807) is 0 Å². The summed E-state index contributed by atoms with van der Waals surface area (Å²) >= 11 is 0. The smallest absolute Gasteiger partial charge is 0.0485 e. The van der Waals surface area contributed by atoms with Gasteiger partial charge < -0.3 is 9.88 Å². The molecular weight excluding hydrogens is 258 g/mol. The van der Waals surface area contributed by atoms with Crippen LogP contribution in [0.15, 0.2) is 36.9 Å². The zero-order valence-corrected chi connectivity index (χ0v) is 13.0. The molecule has 3 rings (SSSR count). The van der Waals surface area contributed by atoms with Gasteiger partial charge >= 0.3 is 0 Å². The van der Waals surface area contributed by atoms with Gasteiger partial charge in [0.25, 0.3) is 0 Å². The van der Waals surface area contributed by atoms with Crippen molar-refractivity contribution >= 4 is 0 Å². The third-order valence-corrected chi connectivity index (χ3v) is 4.14. The summed E-state index contributed by atoms with van der Waals surface area (Å²) in [6.45, 7) is 6.33. The summed E-state index contributed by atoms with van der Waals surface area (Å²) in [4.78, 5) is 4.28. The van der Waals surface area contributed by atoms with Crippen LogP contribution in [0.25, 0.3) is 0 Å². The molecule has 21 heavy (non-hydrogen) atoms. The van der Waals surface area contributed by atoms with Gasteiger partial charge in [0, 0.05) is 37.4 Å². The maximum absolute atomic E-state index is 4.28. The Labute approximate surface area is 127 Å². The van der Waals surface area contributed by atoms with Crippen molar-refractivity contribution in [3.63, 3.8) is 0 Å². The summed E-state index contributed by atoms with van der Waals surface area (Å²) in [6, 6.07) is 5.02. The second-order valence-electron chi connectivity index (χ2n) is 6.26. The third-order valence-electron chi connectivity index (χ3n) is 4.14. The maximum Gasteiger partial charge on any atom is 0.0485 e. The highest BCUT2D eigenvalue weighted by Gasteiger charge is 2.32. The molecule has 0 amide bonds. The van der Waals surface area contributed by atoms with Gasteiger partial charge in [-0.25, -0.2) is 0 Å². The summed E-state index contributed by atoms with van der Waals surface area (Å²) in [6.07, 6.45) is 12.3. The van der Waals surface area contributed by atoms with Crippen LogP contribution in [0.3, 0.4) is 0 Å². The number of nitrogens with one attached hydrogen (secondary N) is 1. The van der Waals surface area contributed by atoms with Crippen LogP contribution in [-0.2, 0) is 6.54 Å². The molecule has 112 valence electrons. The van der Waals surface area contributed by atoms with Gasteiger partial charge in [0.05, 0.1) is 0 Å². The third kappa shape index (κ3) is 3.73. The van der Waals surface area contributed by atoms with Gasteiger partial charge in [0.1, 0.15) is 0 Å². The Bertz CT molecular complexity index is 584. The van der Waals surface area contributed by atoms with Crippen molar-refractivity contribution in [3.05, 3.63) is 53.6 Å². The van der Waals surface area contributed by atoms with Gasteiger partial charge in [-0.05, 0) is 61.4 Å². The molecule has 0 bridgehead atoms. The first kappa shape index (κ1) is 14.3. The average molecular weight is 283 g/mol. The van der Waals surface area contributed by atoms with Crippen molar-refractivity contribution in [2.45, 2.75) is 45.7 Å². The molecule has 1 aliphatic rings. The molecule has 2 aromatic rings. The van der Waals surface area contributed by atoms with E-state index in [2.05, 4.69) is 53.2 Å². The lowest BCUT2D eigenvalue weighted by Gasteiger charge is -2.16. The minimum absolute atomic E-state index is 0.543. The fraction of sp³-hybridized carbons (Fsp3) is 0.500. The minimum atomic E-state index is 0.543. The second-order valence-corrected chi connectivity index (χ2v) is 6.26. The normalized spacial score (nSPS) is 16.1. The number of aromatic nitrogens is 2. The molecule has 0 radical (unpaired) electrons. The van der Waals surface area contributed by atoms with Crippen molar-refractivity contribution in [2.75, 3.05) is 6.54 Å². The molecule has 1 N–H and O–H groups in total. The van der Waals surface area contributed by atoms with E-state index in [-0.39, 0.29) is 0 Å². The first-order valence-electron chi connectivity index (χ1n) is 8.06. The quantitative estimate of drug-likeness (QED) is 0.840. The molecule has 3 nitrogen and oxygen atoms in total. The van der Waals surface area contributed by atoms with E-state index in [4.69, 9.17) is 0 Å². The van der Waals surface area contributed by atoms with Crippen LogP contribution in [0.5, 0.6) is 0 Å². The topological polar surface area (TPSA) is 29.9 Å². The molecule has 1 unspecified atom stereocenters. The molecule has 2 aromatic heterocycles. The zero-order valence-electron chi connectivity index (χ0n) is 13.0. The fourth-order valence-corrected chi connectivity index (χ4v) is 2.94. The van der Waals surface area contributed by atoms with Crippen LogP contribution in [-0.4, -0.2) is 16.1 Å². The monoisotopic (exact) mass is 283 g/mol. The Hall–Kier alpha value is -1.61. The lowest BCUT2D eigenvalue weighted by molar-refractivity contribution is 0.480. The van der Waals surface area contributed by atoms with Crippen molar-refractivity contribution in [2.24, 2.45) is 5.92 Å². The molecule has 2 heterocycles. The van der Waals surface area contributed by atoms with Crippen molar-refractivity contribution in [1.29, 1.82) is 0 Å². The van der Waals surface area contributed by atoms with Crippen LogP contribution < -0.4 is 5.32 Å². The Balaban J connectivity index is 1.70. The molecule has 1 fully saturated rings. The first-order valence-corrected chi connectivity index (χ1v) is 8.06. The van der Waals surface area contributed by atoms with E-state index >= 15 is 0 Å². The van der Waals surface area contributed by atoms with Crippen LogP contribution in [0.4, 0.5) is 0 Å². The van der Waals surface area contributed by atoms with Crippen molar-refractivity contribution < 1.29 is 0 Å². The highest BCUT2D eigenvalue weighted by atomic mass is 15.0. The number of nitrogens with zero attached hydrogens (tertiary/aromatic N) is 2. The van der Waals surface area contributed by atoms with Gasteiger partial charge in [-0.3, -0.25) is 4.98 Å². The zero-order chi connectivity index (χ0) is 14.7. The van der Waals surface area contributed by atoms with E-state index in [0.717, 1.165) is 19.0 Å². The molecule has 1 atom stereocenters. The summed E-state index contributed by atoms with van der Waals surface area (Å²) < 4.78 is 2.27. The summed E-state index contributed by atoms with van der Waals surface area (Å²) in [5, 5.41) is 3.71. The molecule has 0 spiro atoms. The number of hydrogen-bond acceptors (Lipinski definition) is 2. The van der Waals surface area contributed by atoms with Gasteiger partial charge in [-0.2, -0.15) is 0 Å². The lowest BCUT2D eigenvalue weighted by atomic mass is 10.1. The lowest BCUT2D eigenvalue weighted by Crippen LogP contribution is -2.23. The van der Waals surface area contributed by atoms with Crippen LogP contribution in [0.1, 0.15) is 48.9 Å². The highest BCUT2D eigenvalue weighted by Crippen LogP contribution is 2.41. The van der Waals surface area contributed by atoms with Gasteiger partial charge in [0.2, 0.25) is 0 Å². The second kappa shape index (κ2) is 6.44. The minimum Gasteiger partial charge on any atom is -0.350 e. The summed E-state index contributed by atoms with van der Waals surface area (Å²) in [5.74, 6) is 0.841. The number of aryl methyl sites for hydroxylation is 1. The number of pyridine rings is 1. The largest absolute Gasteiger partial charge is 0.350 e. The van der Waals surface area contributed by atoms with Gasteiger partial charge in [0.15, 0.2) is 0 Å². The molecular formula is C18H25N3. The van der Waals surface area contributed by atoms with Crippen molar-refractivity contribution in [3.8, 4) is 0 Å². The first-order chi connectivity index (χ1) is 10.3. The van der Waals surface area contributed by atoms with E-state index < -0.39 is 0 Å². The molecule has 0 aromatic carbocycles. The summed E-state index contributed by atoms with van der Waals surface area (Å²) in [5.41, 5.74) is 3.92. The standard InChI is InChI=1S/C18H25N3/c1-3-7-20-18(16-4-5-16)17-6-8-21(13-17)12-15-9-14(2)10-19-11-15/h6,8-11,13,16,18,20H,3-5,7,12H2,1-2H3. The van der Waals surface area contributed by atoms with Crippen molar-refractivity contribution in [1.82, 2.24) is 14.9 Å². The van der Waals surface area contributed by atoms with E-state index in [9.17, 15) is 0 Å². The summed E-state index contributed by atoms with van der Waals surface area (Å²) in [7, 11) is 0. The van der Waals surface area contributed by atoms with Crippen LogP contribution >= 0.6 is 0 Å². The van der Waals surface area contributed by atoms with Gasteiger partial charge in [-0.15, -0.1) is 0 Å². The molecule has 0 aliphatic heterocycles. The van der Waals surface area contributed by atoms with E-state index in [1.165, 1.54) is 36.0 Å². The van der Waals surface area contributed by atoms with Crippen LogP contribution in [0.2, 0.25) is 0 Å². The van der Waals surface area contributed by atoms with Gasteiger partial charge in [-0.1, -0.05) is 13.0 Å². The SMILES string of the molecule is CCCNC(c1ccn(Cc2cncc(C)c2)c1)C1CC1. The molecule has 3 heteroatoms. The molecule has 0 saturated heterocycles. The molecule has 1 saturated carbocycles. The van der Waals surface area contributed by atoms with E-state index in [1.807, 2.05) is 12.4 Å². The predicted molar refractivity (Wildman–Crippen MR) is 86.3 cm³/mol. The Morgan fingerprint density at radius 2 is 2.24 bits per heavy atom. The number of rotatable bonds is 7. The fourth-order valence-electron chi connectivity index (χ4n) is 2.94. The van der Waals surface area contributed by atoms with Crippen LogP contribution in [0, 0.1) is 12.8 Å². The van der Waals surface area contributed by atoms with E-state index in [0.29, 0.717) is 6.04 Å². The Morgan fingerprint density at radius 1 is 1.38 bits per heavy atom. The predicted octanol–water partition coefficient (Wildman–Crippen LogP) is 3.69. The number of hydrogen-bond donors (Lipinski definition) is 1. The Kier molecular flexibility index (Phi) is 4.39.